The summed E-state index contributed by atoms with van der Waals surface area (Å²) in [5.74, 6) is 0.0572. The number of nitriles is 1. The molecule has 2 aromatic heterocycles. The maximum Gasteiger partial charge on any atom is 0.259 e. The summed E-state index contributed by atoms with van der Waals surface area (Å²) in [5, 5.41) is 19.2. The fourth-order valence-electron chi connectivity index (χ4n) is 4.42. The van der Waals surface area contributed by atoms with E-state index in [1.165, 1.54) is 0 Å². The van der Waals surface area contributed by atoms with Crippen LogP contribution in [0.1, 0.15) is 35.3 Å². The molecular weight excluding hydrogens is 454 g/mol. The number of benzene rings is 1. The number of carbonyl (C=O) groups is 1. The van der Waals surface area contributed by atoms with Gasteiger partial charge in [-0.05, 0) is 55.4 Å². The molecule has 3 atom stereocenters. The molecule has 0 aliphatic carbocycles. The standard InChI is InChI=1S/C28H31N5O3/c1-19-15-33(20(2)18-34)28(35)25-12-24(23-6-4-5-22(11-23)13-29)14-31-27(25)36-26(19)17-32(3)16-21-7-9-30-10-8-21/h4-12,14,19-20,26,34H,15-18H2,1-3H3/t19-,20+,26+/m1/s1. The number of aliphatic hydroxyl groups excluding tert-OH is 1. The molecule has 1 amide bonds. The van der Waals surface area contributed by atoms with Gasteiger partial charge in [0, 0.05) is 49.7 Å². The van der Waals surface area contributed by atoms with Crippen LogP contribution in [0.3, 0.4) is 0 Å². The summed E-state index contributed by atoms with van der Waals surface area (Å²) >= 11 is 0. The Labute approximate surface area is 211 Å². The van der Waals surface area contributed by atoms with E-state index in [1.54, 1.807) is 47.8 Å². The van der Waals surface area contributed by atoms with Crippen LogP contribution in [-0.2, 0) is 6.54 Å². The summed E-state index contributed by atoms with van der Waals surface area (Å²) in [4.78, 5) is 26.2. The number of ether oxygens (including phenoxy) is 1. The van der Waals surface area contributed by atoms with Crippen molar-refractivity contribution in [3.63, 3.8) is 0 Å². The van der Waals surface area contributed by atoms with Crippen molar-refractivity contribution in [2.45, 2.75) is 32.5 Å². The lowest BCUT2D eigenvalue weighted by atomic mass is 9.98. The van der Waals surface area contributed by atoms with Crippen molar-refractivity contribution in [3.05, 3.63) is 77.7 Å². The lowest BCUT2D eigenvalue weighted by Crippen LogP contribution is -2.49. The first-order chi connectivity index (χ1) is 17.4. The Morgan fingerprint density at radius 2 is 2.03 bits per heavy atom. The number of fused-ring (bicyclic) bond motifs is 1. The summed E-state index contributed by atoms with van der Waals surface area (Å²) in [5.41, 5.74) is 3.55. The lowest BCUT2D eigenvalue weighted by Gasteiger charge is -2.37. The number of likely N-dealkylation sites (N-methyl/N-ethyl adjacent to an activating group) is 1. The van der Waals surface area contributed by atoms with E-state index < -0.39 is 0 Å². The maximum atomic E-state index is 13.6. The van der Waals surface area contributed by atoms with Gasteiger partial charge in [0.05, 0.1) is 24.3 Å². The Bertz CT molecular complexity index is 1240. The van der Waals surface area contributed by atoms with Gasteiger partial charge in [-0.25, -0.2) is 4.98 Å². The monoisotopic (exact) mass is 485 g/mol. The normalized spacial score (nSPS) is 18.6. The van der Waals surface area contributed by atoms with E-state index in [-0.39, 0.29) is 36.5 Å². The van der Waals surface area contributed by atoms with Crippen LogP contribution in [0.4, 0.5) is 0 Å². The fourth-order valence-corrected chi connectivity index (χ4v) is 4.42. The van der Waals surface area contributed by atoms with Gasteiger partial charge < -0.3 is 14.7 Å². The number of rotatable bonds is 7. The van der Waals surface area contributed by atoms with E-state index in [0.717, 1.165) is 23.2 Å². The van der Waals surface area contributed by atoms with Gasteiger partial charge in [-0.1, -0.05) is 19.1 Å². The summed E-state index contributed by atoms with van der Waals surface area (Å²) in [6, 6.07) is 14.7. The smallest absolute Gasteiger partial charge is 0.259 e. The van der Waals surface area contributed by atoms with Gasteiger partial charge in [0.1, 0.15) is 11.7 Å². The van der Waals surface area contributed by atoms with E-state index in [1.807, 2.05) is 32.2 Å². The van der Waals surface area contributed by atoms with Crippen LogP contribution in [-0.4, -0.2) is 69.7 Å². The van der Waals surface area contributed by atoms with Crippen molar-refractivity contribution < 1.29 is 14.6 Å². The fraction of sp³-hybridized carbons (Fsp3) is 0.357. The molecule has 8 nitrogen and oxygen atoms in total. The third kappa shape index (κ3) is 5.70. The Kier molecular flexibility index (Phi) is 7.93. The SMILES string of the molecule is C[C@@H]1CN([C@@H](C)CO)C(=O)c2cc(-c3cccc(C#N)c3)cnc2O[C@H]1CN(C)Cc1ccncc1. The minimum absolute atomic E-state index is 0.00442. The summed E-state index contributed by atoms with van der Waals surface area (Å²) in [6.45, 7) is 5.57. The van der Waals surface area contributed by atoms with Crippen molar-refractivity contribution in [2.75, 3.05) is 26.7 Å². The first kappa shape index (κ1) is 25.3. The zero-order chi connectivity index (χ0) is 25.7. The second-order valence-corrected chi connectivity index (χ2v) is 9.44. The van der Waals surface area contributed by atoms with E-state index >= 15 is 0 Å². The minimum Gasteiger partial charge on any atom is -0.472 e. The van der Waals surface area contributed by atoms with Crippen molar-refractivity contribution >= 4 is 5.91 Å². The quantitative estimate of drug-likeness (QED) is 0.547. The summed E-state index contributed by atoms with van der Waals surface area (Å²) in [6.07, 6.45) is 5.01. The molecule has 0 bridgehead atoms. The molecule has 3 heterocycles. The van der Waals surface area contributed by atoms with E-state index in [2.05, 4.69) is 27.9 Å². The molecule has 0 saturated heterocycles. The van der Waals surface area contributed by atoms with Gasteiger partial charge in [0.25, 0.3) is 5.91 Å². The molecule has 1 N–H and O–H groups in total. The molecule has 0 spiro atoms. The number of amides is 1. The largest absolute Gasteiger partial charge is 0.472 e. The Morgan fingerprint density at radius 1 is 1.25 bits per heavy atom. The molecule has 1 aromatic carbocycles. The molecule has 0 radical (unpaired) electrons. The van der Waals surface area contributed by atoms with Crippen LogP contribution >= 0.6 is 0 Å². The van der Waals surface area contributed by atoms with Crippen LogP contribution in [0.2, 0.25) is 0 Å². The maximum absolute atomic E-state index is 13.6. The average molecular weight is 486 g/mol. The topological polar surface area (TPSA) is 103 Å². The highest BCUT2D eigenvalue weighted by Crippen LogP contribution is 2.30. The number of hydrogen-bond donors (Lipinski definition) is 1. The Balaban J connectivity index is 1.67. The second kappa shape index (κ2) is 11.3. The van der Waals surface area contributed by atoms with Gasteiger partial charge in [0.15, 0.2) is 0 Å². The molecular formula is C28H31N5O3. The van der Waals surface area contributed by atoms with Crippen molar-refractivity contribution in [3.8, 4) is 23.1 Å². The van der Waals surface area contributed by atoms with Gasteiger partial charge in [-0.3, -0.25) is 14.7 Å². The van der Waals surface area contributed by atoms with Crippen LogP contribution in [0, 0.1) is 17.2 Å². The predicted octanol–water partition coefficient (Wildman–Crippen LogP) is 3.37. The molecule has 4 rings (SSSR count). The van der Waals surface area contributed by atoms with Gasteiger partial charge >= 0.3 is 0 Å². The van der Waals surface area contributed by atoms with Gasteiger partial charge in [0.2, 0.25) is 5.88 Å². The number of hydrogen-bond acceptors (Lipinski definition) is 7. The van der Waals surface area contributed by atoms with Gasteiger partial charge in [-0.15, -0.1) is 0 Å². The first-order valence-corrected chi connectivity index (χ1v) is 12.1. The third-order valence-corrected chi connectivity index (χ3v) is 6.54. The van der Waals surface area contributed by atoms with E-state index in [4.69, 9.17) is 4.74 Å². The Hall–Kier alpha value is -3.80. The average Bonchev–Trinajstić information content (AvgIpc) is 2.90. The van der Waals surface area contributed by atoms with Crippen LogP contribution < -0.4 is 4.74 Å². The number of pyridine rings is 2. The number of aliphatic hydroxyl groups is 1. The summed E-state index contributed by atoms with van der Waals surface area (Å²) in [7, 11) is 2.04. The van der Waals surface area contributed by atoms with Crippen molar-refractivity contribution in [2.24, 2.45) is 5.92 Å². The Morgan fingerprint density at radius 3 is 2.75 bits per heavy atom. The molecule has 186 valence electrons. The highest BCUT2D eigenvalue weighted by atomic mass is 16.5. The predicted molar refractivity (Wildman–Crippen MR) is 136 cm³/mol. The molecule has 1 aliphatic rings. The molecule has 8 heteroatoms. The second-order valence-electron chi connectivity index (χ2n) is 9.44. The first-order valence-electron chi connectivity index (χ1n) is 12.1. The van der Waals surface area contributed by atoms with Crippen molar-refractivity contribution in [1.29, 1.82) is 5.26 Å². The molecule has 0 unspecified atom stereocenters. The van der Waals surface area contributed by atoms with Crippen LogP contribution in [0.15, 0.2) is 61.1 Å². The number of nitrogens with zero attached hydrogens (tertiary/aromatic N) is 5. The number of carbonyl (C=O) groups excluding carboxylic acids is 1. The van der Waals surface area contributed by atoms with Crippen LogP contribution in [0.25, 0.3) is 11.1 Å². The molecule has 3 aromatic rings. The number of aromatic nitrogens is 2. The molecule has 0 saturated carbocycles. The third-order valence-electron chi connectivity index (χ3n) is 6.54. The van der Waals surface area contributed by atoms with E-state index in [0.29, 0.717) is 24.2 Å². The van der Waals surface area contributed by atoms with E-state index in [9.17, 15) is 15.2 Å². The van der Waals surface area contributed by atoms with Crippen LogP contribution in [0.5, 0.6) is 5.88 Å². The minimum atomic E-state index is -0.355. The summed E-state index contributed by atoms with van der Waals surface area (Å²) < 4.78 is 6.40. The zero-order valence-electron chi connectivity index (χ0n) is 20.8. The van der Waals surface area contributed by atoms with Gasteiger partial charge in [-0.2, -0.15) is 5.26 Å². The molecule has 0 fully saturated rings. The zero-order valence-corrected chi connectivity index (χ0v) is 20.8. The highest BCUT2D eigenvalue weighted by Gasteiger charge is 2.34. The highest BCUT2D eigenvalue weighted by molar-refractivity contribution is 5.98. The molecule has 36 heavy (non-hydrogen) atoms. The molecule has 1 aliphatic heterocycles. The van der Waals surface area contributed by atoms with Crippen molar-refractivity contribution in [1.82, 2.24) is 19.8 Å². The lowest BCUT2D eigenvalue weighted by molar-refractivity contribution is 0.0325.